The first-order valence-electron chi connectivity index (χ1n) is 7.08. The molecule has 0 radical (unpaired) electrons. The lowest BCUT2D eigenvalue weighted by Gasteiger charge is -2.30. The van der Waals surface area contributed by atoms with E-state index >= 15 is 0 Å². The largest absolute Gasteiger partial charge is 0.494 e. The Balaban J connectivity index is 0.00000200. The van der Waals surface area contributed by atoms with Crippen LogP contribution in [-0.4, -0.2) is 37.2 Å². The molecular formula is C15H24Cl2N2O. The van der Waals surface area contributed by atoms with Gasteiger partial charge in [-0.15, -0.1) is 12.4 Å². The first-order chi connectivity index (χ1) is 9.19. The normalized spacial score (nSPS) is 19.4. The van der Waals surface area contributed by atoms with Gasteiger partial charge in [0.25, 0.3) is 0 Å². The van der Waals surface area contributed by atoms with Gasteiger partial charge in [-0.05, 0) is 56.5 Å². The van der Waals surface area contributed by atoms with Crippen LogP contribution < -0.4 is 10.5 Å². The van der Waals surface area contributed by atoms with Crippen LogP contribution in [0, 0.1) is 0 Å². The van der Waals surface area contributed by atoms with Gasteiger partial charge in [0.15, 0.2) is 0 Å². The number of halogens is 2. The number of piperidine rings is 1. The lowest BCUT2D eigenvalue weighted by Crippen LogP contribution is -2.43. The summed E-state index contributed by atoms with van der Waals surface area (Å²) < 4.78 is 5.65. The Bertz CT molecular complexity index is 415. The maximum absolute atomic E-state index is 6.07. The van der Waals surface area contributed by atoms with Crippen molar-refractivity contribution in [3.63, 3.8) is 0 Å². The summed E-state index contributed by atoms with van der Waals surface area (Å²) in [6.45, 7) is 5.86. The van der Waals surface area contributed by atoms with E-state index in [9.17, 15) is 0 Å². The molecule has 0 aliphatic carbocycles. The molecule has 0 bridgehead atoms. The van der Waals surface area contributed by atoms with Crippen molar-refractivity contribution in [1.29, 1.82) is 0 Å². The van der Waals surface area contributed by atoms with Gasteiger partial charge in [-0.3, -0.25) is 0 Å². The quantitative estimate of drug-likeness (QED) is 0.906. The van der Waals surface area contributed by atoms with Crippen molar-refractivity contribution in [1.82, 2.24) is 4.90 Å². The smallest absolute Gasteiger partial charge is 0.122 e. The minimum absolute atomic E-state index is 0. The van der Waals surface area contributed by atoms with E-state index < -0.39 is 0 Å². The molecule has 5 heteroatoms. The molecule has 20 heavy (non-hydrogen) atoms. The Hall–Kier alpha value is -0.480. The molecule has 2 N–H and O–H groups in total. The molecule has 1 aliphatic rings. The number of nitrogens with two attached hydrogens (primary N) is 1. The number of ether oxygens (including phenoxy) is 1. The van der Waals surface area contributed by atoms with Gasteiger partial charge in [0.2, 0.25) is 0 Å². The van der Waals surface area contributed by atoms with Gasteiger partial charge in [0, 0.05) is 24.2 Å². The molecule has 1 aromatic rings. The minimum atomic E-state index is 0. The van der Waals surface area contributed by atoms with Gasteiger partial charge in [-0.1, -0.05) is 11.6 Å². The average molecular weight is 319 g/mol. The highest BCUT2D eigenvalue weighted by atomic mass is 35.5. The minimum Gasteiger partial charge on any atom is -0.494 e. The van der Waals surface area contributed by atoms with Crippen LogP contribution in [0.25, 0.3) is 0 Å². The molecule has 0 amide bonds. The Kier molecular flexibility index (Phi) is 7.67. The van der Waals surface area contributed by atoms with E-state index in [0.717, 1.165) is 43.2 Å². The molecule has 0 saturated carbocycles. The van der Waals surface area contributed by atoms with Crippen LogP contribution >= 0.6 is 24.0 Å². The molecule has 1 aliphatic heterocycles. The number of benzene rings is 1. The van der Waals surface area contributed by atoms with Crippen molar-refractivity contribution in [2.75, 3.05) is 26.2 Å². The Morgan fingerprint density at radius 1 is 1.45 bits per heavy atom. The van der Waals surface area contributed by atoms with Gasteiger partial charge >= 0.3 is 0 Å². The van der Waals surface area contributed by atoms with E-state index in [1.807, 2.05) is 25.1 Å². The summed E-state index contributed by atoms with van der Waals surface area (Å²) in [5, 5.41) is 0.772. The molecule has 0 spiro atoms. The summed E-state index contributed by atoms with van der Waals surface area (Å²) in [5.41, 5.74) is 7.20. The summed E-state index contributed by atoms with van der Waals surface area (Å²) in [6, 6.07) is 6.19. The molecule has 1 heterocycles. The summed E-state index contributed by atoms with van der Waals surface area (Å²) >= 11 is 6.07. The molecule has 0 aromatic heterocycles. The van der Waals surface area contributed by atoms with Gasteiger partial charge < -0.3 is 15.4 Å². The van der Waals surface area contributed by atoms with Gasteiger partial charge in [0.1, 0.15) is 5.75 Å². The Labute approximate surface area is 132 Å². The second kappa shape index (κ2) is 8.73. The lowest BCUT2D eigenvalue weighted by molar-refractivity contribution is 0.210. The summed E-state index contributed by atoms with van der Waals surface area (Å²) in [6.07, 6.45) is 3.31. The van der Waals surface area contributed by atoms with Crippen LogP contribution in [0.3, 0.4) is 0 Å². The predicted octanol–water partition coefficient (Wildman–Crippen LogP) is 3.13. The van der Waals surface area contributed by atoms with Crippen LogP contribution in [0.4, 0.5) is 0 Å². The van der Waals surface area contributed by atoms with Crippen molar-refractivity contribution < 1.29 is 4.74 Å². The van der Waals surface area contributed by atoms with Crippen molar-refractivity contribution in [3.8, 4) is 5.75 Å². The van der Waals surface area contributed by atoms with Gasteiger partial charge in [-0.2, -0.15) is 0 Å². The van der Waals surface area contributed by atoms with E-state index in [0.29, 0.717) is 12.6 Å². The molecule has 114 valence electrons. The maximum atomic E-state index is 6.07. The highest BCUT2D eigenvalue weighted by Gasteiger charge is 2.16. The number of rotatable bonds is 5. The van der Waals surface area contributed by atoms with Gasteiger partial charge in [0.05, 0.1) is 6.61 Å². The topological polar surface area (TPSA) is 38.5 Å². The molecule has 2 rings (SSSR count). The van der Waals surface area contributed by atoms with Crippen LogP contribution in [-0.2, 0) is 6.42 Å². The van der Waals surface area contributed by atoms with Crippen LogP contribution in [0.5, 0.6) is 5.75 Å². The third-order valence-corrected chi connectivity index (χ3v) is 3.80. The first-order valence-corrected chi connectivity index (χ1v) is 7.46. The molecule has 1 saturated heterocycles. The highest BCUT2D eigenvalue weighted by Crippen LogP contribution is 2.24. The molecule has 1 aromatic carbocycles. The van der Waals surface area contributed by atoms with E-state index in [4.69, 9.17) is 22.1 Å². The zero-order valence-corrected chi connectivity index (χ0v) is 13.6. The zero-order chi connectivity index (χ0) is 13.7. The fourth-order valence-corrected chi connectivity index (χ4v) is 2.81. The first kappa shape index (κ1) is 17.6. The summed E-state index contributed by atoms with van der Waals surface area (Å²) in [4.78, 5) is 2.44. The van der Waals surface area contributed by atoms with Gasteiger partial charge in [-0.25, -0.2) is 0 Å². The number of hydrogen-bond donors (Lipinski definition) is 1. The lowest BCUT2D eigenvalue weighted by atomic mass is 10.1. The highest BCUT2D eigenvalue weighted by molar-refractivity contribution is 6.30. The third kappa shape index (κ3) is 5.13. The Morgan fingerprint density at radius 3 is 2.95 bits per heavy atom. The standard InChI is InChI=1S/C15H23ClN2O.ClH/c1-2-19-15-6-5-13(16)10-12(15)7-9-18-8-3-4-14(17)11-18;/h5-6,10,14H,2-4,7-9,11,17H2,1H3;1H/t14-;/m0./s1. The second-order valence-electron chi connectivity index (χ2n) is 5.14. The third-order valence-electron chi connectivity index (χ3n) is 3.56. The maximum Gasteiger partial charge on any atom is 0.122 e. The number of likely N-dealkylation sites (tertiary alicyclic amines) is 1. The van der Waals surface area contributed by atoms with Crippen molar-refractivity contribution in [2.45, 2.75) is 32.2 Å². The SMILES string of the molecule is CCOc1ccc(Cl)cc1CCN1CCC[C@H](N)C1.Cl. The Morgan fingerprint density at radius 2 is 2.25 bits per heavy atom. The van der Waals surface area contributed by atoms with Crippen LogP contribution in [0.15, 0.2) is 18.2 Å². The zero-order valence-electron chi connectivity index (χ0n) is 12.0. The monoisotopic (exact) mass is 318 g/mol. The molecule has 1 fully saturated rings. The van der Waals surface area contributed by atoms with E-state index in [-0.39, 0.29) is 12.4 Å². The molecule has 3 nitrogen and oxygen atoms in total. The number of nitrogens with zero attached hydrogens (tertiary/aromatic N) is 1. The van der Waals surface area contributed by atoms with Crippen LogP contribution in [0.2, 0.25) is 5.02 Å². The fourth-order valence-electron chi connectivity index (χ4n) is 2.61. The van der Waals surface area contributed by atoms with Crippen molar-refractivity contribution in [2.24, 2.45) is 5.73 Å². The van der Waals surface area contributed by atoms with E-state index in [1.54, 1.807) is 0 Å². The predicted molar refractivity (Wildman–Crippen MR) is 87.2 cm³/mol. The summed E-state index contributed by atoms with van der Waals surface area (Å²) in [7, 11) is 0. The second-order valence-corrected chi connectivity index (χ2v) is 5.57. The molecule has 1 atom stereocenters. The van der Waals surface area contributed by atoms with E-state index in [2.05, 4.69) is 4.90 Å². The fraction of sp³-hybridized carbons (Fsp3) is 0.600. The summed E-state index contributed by atoms with van der Waals surface area (Å²) in [5.74, 6) is 0.952. The molecule has 0 unspecified atom stereocenters. The van der Waals surface area contributed by atoms with Crippen molar-refractivity contribution >= 4 is 24.0 Å². The average Bonchev–Trinajstić information content (AvgIpc) is 2.39. The van der Waals surface area contributed by atoms with Crippen LogP contribution in [0.1, 0.15) is 25.3 Å². The molecular weight excluding hydrogens is 295 g/mol. The van der Waals surface area contributed by atoms with Crippen molar-refractivity contribution in [3.05, 3.63) is 28.8 Å². The number of hydrogen-bond acceptors (Lipinski definition) is 3. The van der Waals surface area contributed by atoms with E-state index in [1.165, 1.54) is 12.0 Å².